The van der Waals surface area contributed by atoms with Crippen molar-refractivity contribution in [2.24, 2.45) is 0 Å². The van der Waals surface area contributed by atoms with Crippen molar-refractivity contribution < 1.29 is 12.8 Å². The predicted octanol–water partition coefficient (Wildman–Crippen LogP) is 1.69. The smallest absolute Gasteiger partial charge is 0.282 e. The molecule has 3 heterocycles. The fraction of sp³-hybridized carbons (Fsp3) is 0.733. The van der Waals surface area contributed by atoms with Crippen LogP contribution in [-0.4, -0.2) is 61.7 Å². The van der Waals surface area contributed by atoms with Crippen molar-refractivity contribution in [3.05, 3.63) is 24.2 Å². The Bertz CT molecular complexity index is 585. The monoisotopic (exact) mass is 327 g/mol. The molecule has 0 radical (unpaired) electrons. The maximum atomic E-state index is 13.1. The van der Waals surface area contributed by atoms with Gasteiger partial charge in [-0.3, -0.25) is 0 Å². The summed E-state index contributed by atoms with van der Waals surface area (Å²) in [5, 5.41) is 0. The van der Waals surface area contributed by atoms with E-state index in [-0.39, 0.29) is 6.04 Å². The van der Waals surface area contributed by atoms with Crippen LogP contribution in [0.3, 0.4) is 0 Å². The van der Waals surface area contributed by atoms with Crippen molar-refractivity contribution >= 4 is 10.2 Å². The van der Waals surface area contributed by atoms with Crippen LogP contribution in [0.15, 0.2) is 22.8 Å². The van der Waals surface area contributed by atoms with Gasteiger partial charge in [0.15, 0.2) is 0 Å². The van der Waals surface area contributed by atoms with Crippen LogP contribution >= 0.6 is 0 Å². The lowest BCUT2D eigenvalue weighted by Crippen LogP contribution is -2.51. The number of furan rings is 1. The quantitative estimate of drug-likeness (QED) is 0.844. The molecule has 2 atom stereocenters. The summed E-state index contributed by atoms with van der Waals surface area (Å²) in [4.78, 5) is 2.12. The van der Waals surface area contributed by atoms with Gasteiger partial charge in [0.25, 0.3) is 10.2 Å². The molecular formula is C15H25N3O3S. The third-order valence-electron chi connectivity index (χ3n) is 4.79. The first kappa shape index (κ1) is 16.0. The molecule has 1 aromatic heterocycles. The minimum Gasteiger partial charge on any atom is -0.468 e. The number of nitrogens with zero attached hydrogens (tertiary/aromatic N) is 3. The summed E-state index contributed by atoms with van der Waals surface area (Å²) in [5.74, 6) is 0.752. The molecular weight excluding hydrogens is 302 g/mol. The molecule has 2 aliphatic rings. The maximum Gasteiger partial charge on any atom is 0.282 e. The lowest BCUT2D eigenvalue weighted by molar-refractivity contribution is 0.180. The van der Waals surface area contributed by atoms with E-state index in [1.807, 2.05) is 26.2 Å². The molecule has 0 saturated carbocycles. The Morgan fingerprint density at radius 1 is 1.23 bits per heavy atom. The van der Waals surface area contributed by atoms with Crippen LogP contribution < -0.4 is 0 Å². The van der Waals surface area contributed by atoms with Crippen LogP contribution in [0.1, 0.15) is 37.5 Å². The third kappa shape index (κ3) is 2.95. The second-order valence-electron chi connectivity index (χ2n) is 6.41. The first-order valence-electron chi connectivity index (χ1n) is 7.97. The van der Waals surface area contributed by atoms with Crippen molar-refractivity contribution in [2.45, 2.75) is 37.8 Å². The van der Waals surface area contributed by atoms with Gasteiger partial charge < -0.3 is 9.32 Å². The number of rotatable bonds is 4. The molecule has 2 aliphatic heterocycles. The van der Waals surface area contributed by atoms with E-state index >= 15 is 0 Å². The van der Waals surface area contributed by atoms with Gasteiger partial charge in [-0.1, -0.05) is 0 Å². The summed E-state index contributed by atoms with van der Waals surface area (Å²) in [6.45, 7) is 1.78. The van der Waals surface area contributed by atoms with E-state index in [0.717, 1.165) is 31.4 Å². The van der Waals surface area contributed by atoms with Gasteiger partial charge in [0, 0.05) is 25.7 Å². The van der Waals surface area contributed by atoms with Crippen molar-refractivity contribution in [2.75, 3.05) is 33.7 Å². The van der Waals surface area contributed by atoms with Gasteiger partial charge in [0.05, 0.1) is 12.3 Å². The number of hydrogen-bond acceptors (Lipinski definition) is 4. The van der Waals surface area contributed by atoms with Gasteiger partial charge >= 0.3 is 0 Å². The average molecular weight is 327 g/mol. The Morgan fingerprint density at radius 2 is 2.00 bits per heavy atom. The highest BCUT2D eigenvalue weighted by Gasteiger charge is 2.41. The SMILES string of the molecule is CN(C)[C@H]1CCCN(S(=O)(=O)N2CCC[C@H]2c2ccco2)C1. The minimum absolute atomic E-state index is 0.153. The lowest BCUT2D eigenvalue weighted by atomic mass is 10.1. The van der Waals surface area contributed by atoms with E-state index in [1.54, 1.807) is 14.9 Å². The van der Waals surface area contributed by atoms with Gasteiger partial charge in [-0.15, -0.1) is 0 Å². The zero-order valence-electron chi connectivity index (χ0n) is 13.3. The molecule has 7 heteroatoms. The van der Waals surface area contributed by atoms with Gasteiger partial charge in [0.1, 0.15) is 5.76 Å². The molecule has 0 unspecified atom stereocenters. The zero-order valence-corrected chi connectivity index (χ0v) is 14.1. The molecule has 0 spiro atoms. The summed E-state index contributed by atoms with van der Waals surface area (Å²) in [6, 6.07) is 3.84. The van der Waals surface area contributed by atoms with Crippen molar-refractivity contribution in [1.29, 1.82) is 0 Å². The highest BCUT2D eigenvalue weighted by Crippen LogP contribution is 2.36. The Hall–Kier alpha value is -0.890. The van der Waals surface area contributed by atoms with Crippen LogP contribution in [0.4, 0.5) is 0 Å². The second kappa shape index (κ2) is 6.31. The summed E-state index contributed by atoms with van der Waals surface area (Å²) in [5.41, 5.74) is 0. The average Bonchev–Trinajstić information content (AvgIpc) is 3.18. The molecule has 22 heavy (non-hydrogen) atoms. The predicted molar refractivity (Wildman–Crippen MR) is 84.6 cm³/mol. The van der Waals surface area contributed by atoms with Crippen LogP contribution in [0, 0.1) is 0 Å². The number of hydrogen-bond donors (Lipinski definition) is 0. The Balaban J connectivity index is 1.80. The fourth-order valence-corrected chi connectivity index (χ4v) is 5.39. The van der Waals surface area contributed by atoms with Crippen molar-refractivity contribution in [3.63, 3.8) is 0 Å². The summed E-state index contributed by atoms with van der Waals surface area (Å²) >= 11 is 0. The largest absolute Gasteiger partial charge is 0.468 e. The van der Waals surface area contributed by atoms with Crippen LogP contribution in [0.5, 0.6) is 0 Å². The van der Waals surface area contributed by atoms with E-state index < -0.39 is 10.2 Å². The lowest BCUT2D eigenvalue weighted by Gasteiger charge is -2.38. The van der Waals surface area contributed by atoms with Gasteiger partial charge in [-0.25, -0.2) is 0 Å². The van der Waals surface area contributed by atoms with Gasteiger partial charge in [-0.2, -0.15) is 17.0 Å². The second-order valence-corrected chi connectivity index (χ2v) is 8.29. The zero-order chi connectivity index (χ0) is 15.7. The highest BCUT2D eigenvalue weighted by molar-refractivity contribution is 7.86. The van der Waals surface area contributed by atoms with Crippen LogP contribution in [0.2, 0.25) is 0 Å². The third-order valence-corrected chi connectivity index (χ3v) is 6.80. The molecule has 1 aromatic rings. The summed E-state index contributed by atoms with van der Waals surface area (Å²) in [7, 11) is 0.609. The molecule has 0 aliphatic carbocycles. The van der Waals surface area contributed by atoms with Gasteiger partial charge in [-0.05, 0) is 51.9 Å². The summed E-state index contributed by atoms with van der Waals surface area (Å²) in [6.07, 6.45) is 5.30. The Labute approximate surface area is 132 Å². The first-order valence-corrected chi connectivity index (χ1v) is 9.36. The molecule has 2 fully saturated rings. The van der Waals surface area contributed by atoms with Crippen molar-refractivity contribution in [3.8, 4) is 0 Å². The van der Waals surface area contributed by atoms with E-state index in [0.29, 0.717) is 25.7 Å². The van der Waals surface area contributed by atoms with Crippen molar-refractivity contribution in [1.82, 2.24) is 13.5 Å². The molecule has 124 valence electrons. The van der Waals surface area contributed by atoms with E-state index in [1.165, 1.54) is 0 Å². The standard InChI is InChI=1S/C15H25N3O3S/c1-16(2)13-6-3-9-17(12-13)22(19,20)18-10-4-7-14(18)15-8-5-11-21-15/h5,8,11,13-14H,3-4,6-7,9-10,12H2,1-2H3/t13-,14-/m0/s1. The molecule has 0 N–H and O–H groups in total. The molecule has 0 aromatic carbocycles. The van der Waals surface area contributed by atoms with E-state index in [2.05, 4.69) is 4.90 Å². The molecule has 6 nitrogen and oxygen atoms in total. The molecule has 0 amide bonds. The topological polar surface area (TPSA) is 57.0 Å². The normalized spacial score (nSPS) is 28.5. The van der Waals surface area contributed by atoms with Crippen LogP contribution in [0.25, 0.3) is 0 Å². The molecule has 0 bridgehead atoms. The Kier molecular flexibility index (Phi) is 4.59. The number of likely N-dealkylation sites (N-methyl/N-ethyl adjacent to an activating group) is 1. The minimum atomic E-state index is -3.42. The van der Waals surface area contributed by atoms with Crippen LogP contribution in [-0.2, 0) is 10.2 Å². The summed E-state index contributed by atoms with van der Waals surface area (Å²) < 4.78 is 34.8. The van der Waals surface area contributed by atoms with E-state index in [4.69, 9.17) is 4.42 Å². The highest BCUT2D eigenvalue weighted by atomic mass is 32.2. The number of piperidine rings is 1. The van der Waals surface area contributed by atoms with Gasteiger partial charge in [0.2, 0.25) is 0 Å². The fourth-order valence-electron chi connectivity index (χ4n) is 3.48. The maximum absolute atomic E-state index is 13.1. The van der Waals surface area contributed by atoms with E-state index in [9.17, 15) is 8.42 Å². The molecule has 2 saturated heterocycles. The molecule has 3 rings (SSSR count). The Morgan fingerprint density at radius 3 is 2.68 bits per heavy atom. The first-order chi connectivity index (χ1) is 10.5.